The Morgan fingerprint density at radius 2 is 1.82 bits per heavy atom. The molecule has 0 N–H and O–H groups in total. The average molecular weight is 304 g/mol. The largest absolute Gasteiger partial charge is 0.493 e. The van der Waals surface area contributed by atoms with E-state index in [1.165, 1.54) is 11.1 Å². The number of benzene rings is 1. The Labute approximate surface area is 136 Å². The van der Waals surface area contributed by atoms with Gasteiger partial charge in [-0.2, -0.15) is 0 Å². The van der Waals surface area contributed by atoms with Crippen molar-refractivity contribution >= 4 is 5.78 Å². The molecule has 2 heteroatoms. The Hall–Kier alpha value is -1.31. The van der Waals surface area contributed by atoms with Gasteiger partial charge in [-0.15, -0.1) is 0 Å². The second kappa shape index (κ2) is 8.97. The lowest BCUT2D eigenvalue weighted by atomic mass is 9.85. The van der Waals surface area contributed by atoms with Crippen LogP contribution in [0.15, 0.2) is 18.2 Å². The van der Waals surface area contributed by atoms with Gasteiger partial charge in [-0.1, -0.05) is 46.8 Å². The van der Waals surface area contributed by atoms with E-state index in [-0.39, 0.29) is 5.41 Å². The van der Waals surface area contributed by atoms with E-state index in [4.69, 9.17) is 4.74 Å². The molecule has 0 fully saturated rings. The zero-order valence-corrected chi connectivity index (χ0v) is 15.0. The summed E-state index contributed by atoms with van der Waals surface area (Å²) >= 11 is 0. The molecule has 22 heavy (non-hydrogen) atoms. The van der Waals surface area contributed by atoms with Crippen LogP contribution < -0.4 is 4.74 Å². The number of ether oxygens (including phenoxy) is 1. The second-order valence-electron chi connectivity index (χ2n) is 7.07. The van der Waals surface area contributed by atoms with Crippen LogP contribution >= 0.6 is 0 Å². The van der Waals surface area contributed by atoms with E-state index in [9.17, 15) is 4.79 Å². The molecule has 0 unspecified atom stereocenters. The number of hydrogen-bond donors (Lipinski definition) is 0. The van der Waals surface area contributed by atoms with Crippen LogP contribution in [0, 0.1) is 0 Å². The van der Waals surface area contributed by atoms with Crippen molar-refractivity contribution in [2.75, 3.05) is 6.61 Å². The first kappa shape index (κ1) is 18.7. The summed E-state index contributed by atoms with van der Waals surface area (Å²) < 4.78 is 5.89. The molecule has 0 heterocycles. The van der Waals surface area contributed by atoms with E-state index < -0.39 is 0 Å². The molecule has 0 aliphatic rings. The van der Waals surface area contributed by atoms with Gasteiger partial charge in [-0.25, -0.2) is 0 Å². The van der Waals surface area contributed by atoms with Crippen LogP contribution in [0.4, 0.5) is 0 Å². The highest BCUT2D eigenvalue weighted by Crippen LogP contribution is 2.32. The molecule has 124 valence electrons. The van der Waals surface area contributed by atoms with E-state index in [0.29, 0.717) is 12.2 Å². The van der Waals surface area contributed by atoms with Gasteiger partial charge in [-0.05, 0) is 48.3 Å². The first-order chi connectivity index (χ1) is 10.4. The Balaban J connectivity index is 2.75. The lowest BCUT2D eigenvalue weighted by Crippen LogP contribution is -2.14. The monoisotopic (exact) mass is 304 g/mol. The number of ketones is 1. The molecule has 0 atom stereocenters. The fourth-order valence-corrected chi connectivity index (χ4v) is 2.55. The zero-order valence-electron chi connectivity index (χ0n) is 15.0. The molecule has 2 nitrogen and oxygen atoms in total. The molecule has 1 aromatic carbocycles. The summed E-state index contributed by atoms with van der Waals surface area (Å²) in [5, 5.41) is 0. The summed E-state index contributed by atoms with van der Waals surface area (Å²) in [6.07, 6.45) is 5.30. The van der Waals surface area contributed by atoms with Gasteiger partial charge in [-0.3, -0.25) is 4.79 Å². The maximum atomic E-state index is 11.6. The predicted octanol–water partition coefficient (Wildman–Crippen LogP) is 5.46. The molecule has 0 spiro atoms. The summed E-state index contributed by atoms with van der Waals surface area (Å²) in [5.41, 5.74) is 2.63. The maximum absolute atomic E-state index is 11.6. The molecule has 1 rings (SSSR count). The maximum Gasteiger partial charge on any atom is 0.132 e. The van der Waals surface area contributed by atoms with Crippen molar-refractivity contribution in [2.45, 2.75) is 78.6 Å². The number of carbonyl (C=O) groups excluding carboxylic acids is 1. The van der Waals surface area contributed by atoms with E-state index in [2.05, 4.69) is 52.8 Å². The van der Waals surface area contributed by atoms with Crippen LogP contribution in [-0.2, 0) is 16.6 Å². The number of carbonyl (C=O) groups is 1. The minimum Gasteiger partial charge on any atom is -0.493 e. The van der Waals surface area contributed by atoms with Crippen molar-refractivity contribution in [3.05, 3.63) is 29.3 Å². The molecule has 0 saturated carbocycles. The highest BCUT2D eigenvalue weighted by molar-refractivity contribution is 5.78. The lowest BCUT2D eigenvalue weighted by Gasteiger charge is -2.23. The predicted molar refractivity (Wildman–Crippen MR) is 93.8 cm³/mol. The molecule has 1 aromatic rings. The third kappa shape index (κ3) is 6.21. The van der Waals surface area contributed by atoms with Gasteiger partial charge >= 0.3 is 0 Å². The van der Waals surface area contributed by atoms with Crippen LogP contribution in [0.5, 0.6) is 5.75 Å². The molecule has 0 radical (unpaired) electrons. The van der Waals surface area contributed by atoms with Gasteiger partial charge < -0.3 is 4.74 Å². The SMILES string of the molecule is CCCOc1ccc(CCCC(=O)CCC)cc1C(C)(C)C. The van der Waals surface area contributed by atoms with Crippen molar-refractivity contribution in [1.82, 2.24) is 0 Å². The van der Waals surface area contributed by atoms with Crippen molar-refractivity contribution in [3.8, 4) is 5.75 Å². The number of rotatable bonds is 9. The van der Waals surface area contributed by atoms with E-state index in [0.717, 1.165) is 44.5 Å². The Morgan fingerprint density at radius 1 is 1.09 bits per heavy atom. The van der Waals surface area contributed by atoms with Crippen LogP contribution in [0.1, 0.15) is 77.8 Å². The van der Waals surface area contributed by atoms with Crippen molar-refractivity contribution < 1.29 is 9.53 Å². The highest BCUT2D eigenvalue weighted by Gasteiger charge is 2.19. The highest BCUT2D eigenvalue weighted by atomic mass is 16.5. The standard InChI is InChI=1S/C20H32O2/c1-6-9-17(21)11-8-10-16-12-13-19(22-14-7-2)18(15-16)20(3,4)5/h12-13,15H,6-11,14H2,1-5H3. The molecule has 0 saturated heterocycles. The number of hydrogen-bond acceptors (Lipinski definition) is 2. The summed E-state index contributed by atoms with van der Waals surface area (Å²) in [5.74, 6) is 1.39. The Morgan fingerprint density at radius 3 is 2.41 bits per heavy atom. The molecule has 0 aliphatic carbocycles. The van der Waals surface area contributed by atoms with Crippen LogP contribution in [0.3, 0.4) is 0 Å². The first-order valence-corrected chi connectivity index (χ1v) is 8.66. The third-order valence-electron chi connectivity index (χ3n) is 3.76. The minimum absolute atomic E-state index is 0.0666. The van der Waals surface area contributed by atoms with E-state index >= 15 is 0 Å². The third-order valence-corrected chi connectivity index (χ3v) is 3.76. The fraction of sp³-hybridized carbons (Fsp3) is 0.650. The summed E-state index contributed by atoms with van der Waals surface area (Å²) in [6, 6.07) is 6.50. The molecule has 0 aromatic heterocycles. The molecular formula is C20H32O2. The minimum atomic E-state index is 0.0666. The van der Waals surface area contributed by atoms with Gasteiger partial charge in [0.05, 0.1) is 6.61 Å². The van der Waals surface area contributed by atoms with Gasteiger partial charge in [0.1, 0.15) is 11.5 Å². The Bertz CT molecular complexity index is 469. The molecule has 0 bridgehead atoms. The van der Waals surface area contributed by atoms with Gasteiger partial charge in [0.25, 0.3) is 0 Å². The van der Waals surface area contributed by atoms with Gasteiger partial charge in [0.2, 0.25) is 0 Å². The summed E-state index contributed by atoms with van der Waals surface area (Å²) in [6.45, 7) is 11.6. The zero-order chi connectivity index (χ0) is 16.6. The quantitative estimate of drug-likeness (QED) is 0.605. The van der Waals surface area contributed by atoms with Crippen LogP contribution in [0.2, 0.25) is 0 Å². The van der Waals surface area contributed by atoms with Crippen molar-refractivity contribution in [1.29, 1.82) is 0 Å². The van der Waals surface area contributed by atoms with Crippen LogP contribution in [0.25, 0.3) is 0 Å². The van der Waals surface area contributed by atoms with Crippen molar-refractivity contribution in [2.24, 2.45) is 0 Å². The molecule has 0 aliphatic heterocycles. The summed E-state index contributed by atoms with van der Waals surface area (Å²) in [7, 11) is 0. The molecule has 0 amide bonds. The van der Waals surface area contributed by atoms with Crippen molar-refractivity contribution in [3.63, 3.8) is 0 Å². The number of aryl methyl sites for hydroxylation is 1. The van der Waals surface area contributed by atoms with E-state index in [1.54, 1.807) is 0 Å². The Kier molecular flexibility index (Phi) is 7.64. The van der Waals surface area contributed by atoms with Gasteiger partial charge in [0, 0.05) is 12.8 Å². The second-order valence-corrected chi connectivity index (χ2v) is 7.07. The van der Waals surface area contributed by atoms with E-state index in [1.807, 2.05) is 0 Å². The van der Waals surface area contributed by atoms with Crippen LogP contribution in [-0.4, -0.2) is 12.4 Å². The van der Waals surface area contributed by atoms with Gasteiger partial charge in [0.15, 0.2) is 0 Å². The fourth-order valence-electron chi connectivity index (χ4n) is 2.55. The normalized spacial score (nSPS) is 11.5. The first-order valence-electron chi connectivity index (χ1n) is 8.66. The number of Topliss-reactive ketones (excluding diaryl/α,β-unsaturated/α-hetero) is 1. The molecular weight excluding hydrogens is 272 g/mol. The smallest absolute Gasteiger partial charge is 0.132 e. The summed E-state index contributed by atoms with van der Waals surface area (Å²) in [4.78, 5) is 11.6. The lowest BCUT2D eigenvalue weighted by molar-refractivity contribution is -0.119. The average Bonchev–Trinajstić information content (AvgIpc) is 2.45. The topological polar surface area (TPSA) is 26.3 Å².